The maximum Gasteiger partial charge on any atom is 0.326 e. The highest BCUT2D eigenvalue weighted by atomic mass is 16.4. The van der Waals surface area contributed by atoms with E-state index < -0.39 is 60.1 Å². The Kier molecular flexibility index (Phi) is 13.3. The van der Waals surface area contributed by atoms with E-state index in [1.54, 1.807) is 12.1 Å². The Balaban J connectivity index is 2.02. The number of phenols is 1. The molecule has 40 heavy (non-hydrogen) atoms. The number of aromatic hydroxyl groups is 1. The minimum Gasteiger partial charge on any atom is -0.508 e. The van der Waals surface area contributed by atoms with Crippen LogP contribution in [-0.4, -0.2) is 91.9 Å². The molecule has 0 aromatic heterocycles. The van der Waals surface area contributed by atoms with Crippen LogP contribution in [0.4, 0.5) is 0 Å². The van der Waals surface area contributed by atoms with Gasteiger partial charge in [-0.25, -0.2) is 4.79 Å². The summed E-state index contributed by atoms with van der Waals surface area (Å²) in [7, 11) is 0. The Morgan fingerprint density at radius 1 is 1.05 bits per heavy atom. The van der Waals surface area contributed by atoms with E-state index in [-0.39, 0.29) is 25.1 Å². The molecule has 2 rings (SSSR count). The summed E-state index contributed by atoms with van der Waals surface area (Å²) in [6.07, 6.45) is 3.12. The molecule has 1 aromatic rings. The van der Waals surface area contributed by atoms with Gasteiger partial charge in [-0.2, -0.15) is 0 Å². The molecule has 3 amide bonds. The number of carboxylic acid groups (broad SMARTS) is 1. The Morgan fingerprint density at radius 3 is 2.30 bits per heavy atom. The summed E-state index contributed by atoms with van der Waals surface area (Å²) in [4.78, 5) is 52.2. The second-order valence-corrected chi connectivity index (χ2v) is 10.5. The number of benzene rings is 1. The monoisotopic (exact) mass is 564 g/mol. The van der Waals surface area contributed by atoms with Crippen LogP contribution < -0.4 is 16.4 Å². The van der Waals surface area contributed by atoms with Gasteiger partial charge in [-0.05, 0) is 43.9 Å². The van der Waals surface area contributed by atoms with Gasteiger partial charge in [-0.15, -0.1) is 0 Å². The third-order valence-corrected chi connectivity index (χ3v) is 7.19. The summed E-state index contributed by atoms with van der Waals surface area (Å²) in [5, 5.41) is 44.7. The van der Waals surface area contributed by atoms with Crippen molar-refractivity contribution < 1.29 is 39.6 Å². The lowest BCUT2D eigenvalue weighted by Gasteiger charge is -2.31. The van der Waals surface area contributed by atoms with Gasteiger partial charge in [0, 0.05) is 19.0 Å². The molecule has 6 atom stereocenters. The highest BCUT2D eigenvalue weighted by Crippen LogP contribution is 2.20. The van der Waals surface area contributed by atoms with Gasteiger partial charge in [0.2, 0.25) is 11.8 Å². The summed E-state index contributed by atoms with van der Waals surface area (Å²) in [5.41, 5.74) is 6.58. The van der Waals surface area contributed by atoms with Crippen molar-refractivity contribution in [1.29, 1.82) is 0 Å². The quantitative estimate of drug-likeness (QED) is 0.139. The molecule has 1 aliphatic rings. The number of aliphatic carboxylic acids is 1. The summed E-state index contributed by atoms with van der Waals surface area (Å²) >= 11 is 0. The maximum absolute atomic E-state index is 13.4. The van der Waals surface area contributed by atoms with Crippen LogP contribution in [-0.2, 0) is 25.6 Å². The number of nitrogens with zero attached hydrogens (tertiary/aromatic N) is 1. The topological polar surface area (TPSA) is 203 Å². The summed E-state index contributed by atoms with van der Waals surface area (Å²) in [6.45, 7) is 3.58. The van der Waals surface area contributed by atoms with E-state index >= 15 is 0 Å². The largest absolute Gasteiger partial charge is 0.508 e. The fourth-order valence-electron chi connectivity index (χ4n) is 4.78. The van der Waals surface area contributed by atoms with Gasteiger partial charge in [0.1, 0.15) is 30.0 Å². The molecule has 12 heteroatoms. The Morgan fingerprint density at radius 2 is 1.70 bits per heavy atom. The van der Waals surface area contributed by atoms with E-state index in [4.69, 9.17) is 5.73 Å². The minimum absolute atomic E-state index is 0.0245. The number of rotatable bonds is 16. The molecule has 1 aliphatic heterocycles. The van der Waals surface area contributed by atoms with Gasteiger partial charge >= 0.3 is 5.97 Å². The van der Waals surface area contributed by atoms with Crippen molar-refractivity contribution in [1.82, 2.24) is 15.5 Å². The molecule has 0 aliphatic carbocycles. The molecular formula is C28H44N4O8. The average molecular weight is 565 g/mol. The van der Waals surface area contributed by atoms with Crippen LogP contribution in [0.25, 0.3) is 0 Å². The van der Waals surface area contributed by atoms with Crippen LogP contribution in [0.3, 0.4) is 0 Å². The van der Waals surface area contributed by atoms with Crippen molar-refractivity contribution in [3.63, 3.8) is 0 Å². The number of unbranched alkanes of at least 4 members (excludes halogenated alkanes) is 4. The first-order chi connectivity index (χ1) is 19.0. The molecule has 12 nitrogen and oxygen atoms in total. The zero-order valence-electron chi connectivity index (χ0n) is 23.3. The van der Waals surface area contributed by atoms with Gasteiger partial charge in [0.05, 0.1) is 6.10 Å². The van der Waals surface area contributed by atoms with Gasteiger partial charge in [0.25, 0.3) is 5.91 Å². The number of carbonyl (C=O) groups excluding carboxylic acids is 3. The van der Waals surface area contributed by atoms with E-state index in [0.717, 1.165) is 32.1 Å². The number of nitrogens with two attached hydrogens (primary N) is 1. The van der Waals surface area contributed by atoms with Crippen molar-refractivity contribution >= 4 is 23.7 Å². The van der Waals surface area contributed by atoms with E-state index in [1.165, 1.54) is 24.0 Å². The third-order valence-electron chi connectivity index (χ3n) is 7.19. The first-order valence-corrected chi connectivity index (χ1v) is 14.0. The predicted molar refractivity (Wildman–Crippen MR) is 147 cm³/mol. The van der Waals surface area contributed by atoms with E-state index in [1.807, 2.05) is 0 Å². The maximum atomic E-state index is 13.4. The number of amides is 3. The predicted octanol–water partition coefficient (Wildman–Crippen LogP) is 0.409. The van der Waals surface area contributed by atoms with Crippen molar-refractivity contribution in [3.8, 4) is 5.75 Å². The van der Waals surface area contributed by atoms with Crippen molar-refractivity contribution in [3.05, 3.63) is 29.8 Å². The standard InChI is InChI=1S/C28H44N4O8/c1-3-4-5-6-7-9-20(29)24(35)26(37)31-23(17(2)33)27(38)32-15-8-10-22(32)25(36)30-21(28(39)40)16-18-11-13-19(34)14-12-18/h11-14,17,20-24,33-35H,3-10,15-16,29H2,1-2H3,(H,30,36)(H,31,37)(H,39,40)/t17?,20?,21-,22-,23?,24?/m0/s1. The average Bonchev–Trinajstić information content (AvgIpc) is 3.41. The van der Waals surface area contributed by atoms with E-state index in [0.29, 0.717) is 18.4 Å². The number of phenolic OH excluding ortho intramolecular Hbond substituents is 1. The highest BCUT2D eigenvalue weighted by molar-refractivity contribution is 5.94. The molecule has 0 saturated carbocycles. The lowest BCUT2D eigenvalue weighted by molar-refractivity contribution is -0.147. The van der Waals surface area contributed by atoms with Gasteiger partial charge in [-0.1, -0.05) is 51.2 Å². The van der Waals surface area contributed by atoms with Gasteiger partial charge in [0.15, 0.2) is 0 Å². The molecule has 8 N–H and O–H groups in total. The zero-order chi connectivity index (χ0) is 29.8. The number of hydrogen-bond donors (Lipinski definition) is 7. The minimum atomic E-state index is -1.57. The molecule has 0 radical (unpaired) electrons. The van der Waals surface area contributed by atoms with Crippen LogP contribution in [0.5, 0.6) is 5.75 Å². The molecule has 1 saturated heterocycles. The summed E-state index contributed by atoms with van der Waals surface area (Å²) < 4.78 is 0. The molecule has 224 valence electrons. The first-order valence-electron chi connectivity index (χ1n) is 14.0. The van der Waals surface area contributed by atoms with E-state index in [9.17, 15) is 39.6 Å². The molecule has 1 heterocycles. The van der Waals surface area contributed by atoms with Gasteiger partial charge < -0.3 is 41.7 Å². The normalized spacial score (nSPS) is 18.8. The van der Waals surface area contributed by atoms with Crippen LogP contribution in [0.2, 0.25) is 0 Å². The van der Waals surface area contributed by atoms with Crippen molar-refractivity contribution in [2.24, 2.45) is 5.73 Å². The first kappa shape index (κ1) is 33.0. The molecule has 0 spiro atoms. The van der Waals surface area contributed by atoms with Crippen molar-refractivity contribution in [2.75, 3.05) is 6.54 Å². The van der Waals surface area contributed by atoms with Gasteiger partial charge in [-0.3, -0.25) is 14.4 Å². The molecule has 1 fully saturated rings. The molecule has 1 aromatic carbocycles. The number of aliphatic hydroxyl groups excluding tert-OH is 2. The van der Waals surface area contributed by atoms with E-state index in [2.05, 4.69) is 17.6 Å². The highest BCUT2D eigenvalue weighted by Gasteiger charge is 2.41. The smallest absolute Gasteiger partial charge is 0.326 e. The second kappa shape index (κ2) is 16.1. The number of aliphatic hydroxyl groups is 2. The number of hydrogen-bond acceptors (Lipinski definition) is 8. The molecule has 0 bridgehead atoms. The molecular weight excluding hydrogens is 520 g/mol. The van der Waals surface area contributed by atoms with Crippen LogP contribution in [0.15, 0.2) is 24.3 Å². The number of likely N-dealkylation sites (tertiary alicyclic amines) is 1. The number of carboxylic acids is 1. The number of carbonyl (C=O) groups is 4. The zero-order valence-corrected chi connectivity index (χ0v) is 23.3. The van der Waals surface area contributed by atoms with Crippen molar-refractivity contribution in [2.45, 2.75) is 108 Å². The van der Waals surface area contributed by atoms with Crippen LogP contribution in [0.1, 0.15) is 70.8 Å². The SMILES string of the molecule is CCCCCCCC(N)C(O)C(=O)NC(C(=O)N1CCC[C@H]1C(=O)N[C@@H](Cc1ccc(O)cc1)C(=O)O)C(C)O. The lowest BCUT2D eigenvalue weighted by atomic mass is 10.0. The second-order valence-electron chi connectivity index (χ2n) is 10.5. The summed E-state index contributed by atoms with van der Waals surface area (Å²) in [5.74, 6) is -3.51. The number of nitrogens with one attached hydrogen (secondary N) is 2. The third kappa shape index (κ3) is 9.76. The Labute approximate surface area is 234 Å². The molecule has 4 unspecified atom stereocenters. The fraction of sp³-hybridized carbons (Fsp3) is 0.643. The fourth-order valence-corrected chi connectivity index (χ4v) is 4.78. The Hall–Kier alpha value is -3.22. The van der Waals surface area contributed by atoms with Crippen LogP contribution in [0, 0.1) is 0 Å². The van der Waals surface area contributed by atoms with Crippen LogP contribution >= 0.6 is 0 Å². The summed E-state index contributed by atoms with van der Waals surface area (Å²) in [6, 6.07) is 1.38. The Bertz CT molecular complexity index is 987. The lowest BCUT2D eigenvalue weighted by Crippen LogP contribution is -2.60.